The van der Waals surface area contributed by atoms with Gasteiger partial charge in [-0.25, -0.2) is 0 Å². The topological polar surface area (TPSA) is 12.0 Å². The molecule has 1 aromatic rings. The molecule has 1 saturated heterocycles. The van der Waals surface area contributed by atoms with Gasteiger partial charge < -0.3 is 5.32 Å². The molecule has 2 unspecified atom stereocenters. The van der Waals surface area contributed by atoms with E-state index in [0.717, 1.165) is 33.9 Å². The Morgan fingerprint density at radius 2 is 2.05 bits per heavy atom. The minimum absolute atomic E-state index is 0.751. The molecule has 1 fully saturated rings. The van der Waals surface area contributed by atoms with Gasteiger partial charge in [-0.15, -0.1) is 0 Å². The van der Waals surface area contributed by atoms with E-state index in [1.807, 2.05) is 12.1 Å². The molecule has 0 aromatic heterocycles. The molecule has 19 heavy (non-hydrogen) atoms. The number of aryl methyl sites for hydroxylation is 1. The van der Waals surface area contributed by atoms with Gasteiger partial charge in [-0.05, 0) is 61.5 Å². The summed E-state index contributed by atoms with van der Waals surface area (Å²) in [5.74, 6) is 1.90. The molecule has 1 aliphatic rings. The third-order valence-electron chi connectivity index (χ3n) is 3.94. The second kappa shape index (κ2) is 8.84. The van der Waals surface area contributed by atoms with E-state index in [0.29, 0.717) is 0 Å². The van der Waals surface area contributed by atoms with E-state index < -0.39 is 0 Å². The van der Waals surface area contributed by atoms with Crippen molar-refractivity contribution in [3.8, 4) is 0 Å². The smallest absolute Gasteiger partial charge is 0.0438 e. The van der Waals surface area contributed by atoms with Crippen molar-refractivity contribution in [3.63, 3.8) is 0 Å². The summed E-state index contributed by atoms with van der Waals surface area (Å²) in [6.07, 6.45) is 3.67. The van der Waals surface area contributed by atoms with Crippen LogP contribution in [0, 0.1) is 11.8 Å². The van der Waals surface area contributed by atoms with Gasteiger partial charge in [-0.1, -0.05) is 50.4 Å². The van der Waals surface area contributed by atoms with E-state index in [4.69, 9.17) is 23.2 Å². The first-order valence-corrected chi connectivity index (χ1v) is 7.98. The summed E-state index contributed by atoms with van der Waals surface area (Å²) in [4.78, 5) is 0. The SMILES string of the molecule is CCC(C)C1CCNC1.CCc1cc(Cl)ccc1Cl. The average molecular weight is 302 g/mol. The van der Waals surface area contributed by atoms with Gasteiger partial charge in [-0.3, -0.25) is 0 Å². The van der Waals surface area contributed by atoms with Crippen LogP contribution in [-0.4, -0.2) is 13.1 Å². The minimum Gasteiger partial charge on any atom is -0.316 e. The van der Waals surface area contributed by atoms with Gasteiger partial charge in [-0.2, -0.15) is 0 Å². The van der Waals surface area contributed by atoms with Crippen molar-refractivity contribution in [2.24, 2.45) is 11.8 Å². The summed E-state index contributed by atoms with van der Waals surface area (Å²) in [5.41, 5.74) is 1.11. The van der Waals surface area contributed by atoms with Crippen molar-refractivity contribution in [1.29, 1.82) is 0 Å². The molecule has 1 nitrogen and oxygen atoms in total. The van der Waals surface area contributed by atoms with Crippen LogP contribution in [0.3, 0.4) is 0 Å². The number of hydrogen-bond donors (Lipinski definition) is 1. The Kier molecular flexibility index (Phi) is 7.82. The van der Waals surface area contributed by atoms with Gasteiger partial charge in [0.25, 0.3) is 0 Å². The largest absolute Gasteiger partial charge is 0.316 e. The van der Waals surface area contributed by atoms with Crippen LogP contribution in [0.1, 0.15) is 39.2 Å². The zero-order valence-electron chi connectivity index (χ0n) is 12.2. The lowest BCUT2D eigenvalue weighted by Gasteiger charge is -2.14. The van der Waals surface area contributed by atoms with Crippen LogP contribution in [0.15, 0.2) is 18.2 Å². The Labute approximate surface area is 127 Å². The molecule has 0 bridgehead atoms. The summed E-state index contributed by atoms with van der Waals surface area (Å²) in [6.45, 7) is 9.20. The zero-order valence-corrected chi connectivity index (χ0v) is 13.7. The van der Waals surface area contributed by atoms with Crippen molar-refractivity contribution in [3.05, 3.63) is 33.8 Å². The van der Waals surface area contributed by atoms with E-state index in [1.165, 1.54) is 25.9 Å². The molecule has 0 amide bonds. The van der Waals surface area contributed by atoms with Crippen LogP contribution >= 0.6 is 23.2 Å². The quantitative estimate of drug-likeness (QED) is 0.809. The van der Waals surface area contributed by atoms with Crippen LogP contribution in [0.2, 0.25) is 10.0 Å². The summed E-state index contributed by atoms with van der Waals surface area (Å²) < 4.78 is 0. The van der Waals surface area contributed by atoms with E-state index in [1.54, 1.807) is 6.07 Å². The third kappa shape index (κ3) is 5.72. The monoisotopic (exact) mass is 301 g/mol. The second-order valence-electron chi connectivity index (χ2n) is 5.23. The lowest BCUT2D eigenvalue weighted by atomic mass is 9.91. The molecule has 2 atom stereocenters. The number of rotatable bonds is 3. The van der Waals surface area contributed by atoms with Gasteiger partial charge in [0.1, 0.15) is 0 Å². The molecule has 1 aromatic carbocycles. The van der Waals surface area contributed by atoms with Gasteiger partial charge in [0, 0.05) is 10.0 Å². The standard InChI is InChI=1S/C8H8Cl2.C8H17N/c1-2-6-5-7(9)3-4-8(6)10;1-3-7(2)8-4-5-9-6-8/h3-5H,2H2,1H3;7-9H,3-6H2,1-2H3. The first-order valence-electron chi connectivity index (χ1n) is 7.23. The van der Waals surface area contributed by atoms with Crippen LogP contribution in [0.25, 0.3) is 0 Å². The molecule has 0 spiro atoms. The first-order chi connectivity index (χ1) is 9.08. The van der Waals surface area contributed by atoms with Gasteiger partial charge >= 0.3 is 0 Å². The van der Waals surface area contributed by atoms with Crippen LogP contribution in [0.4, 0.5) is 0 Å². The molecule has 1 aliphatic heterocycles. The Morgan fingerprint density at radius 3 is 2.53 bits per heavy atom. The van der Waals surface area contributed by atoms with E-state index in [2.05, 4.69) is 26.1 Å². The third-order valence-corrected chi connectivity index (χ3v) is 4.54. The first kappa shape index (κ1) is 16.8. The summed E-state index contributed by atoms with van der Waals surface area (Å²) in [5, 5.41) is 4.94. The van der Waals surface area contributed by atoms with Crippen molar-refractivity contribution in [2.75, 3.05) is 13.1 Å². The Hall–Kier alpha value is -0.240. The van der Waals surface area contributed by atoms with Crippen LogP contribution in [-0.2, 0) is 6.42 Å². The van der Waals surface area contributed by atoms with Gasteiger partial charge in [0.2, 0.25) is 0 Å². The maximum atomic E-state index is 5.84. The molecule has 3 heteroatoms. The lowest BCUT2D eigenvalue weighted by molar-refractivity contribution is 0.376. The highest BCUT2D eigenvalue weighted by Gasteiger charge is 2.18. The van der Waals surface area contributed by atoms with Crippen LogP contribution in [0.5, 0.6) is 0 Å². The maximum Gasteiger partial charge on any atom is 0.0438 e. The molecule has 0 aliphatic carbocycles. The molecule has 1 heterocycles. The predicted molar refractivity (Wildman–Crippen MR) is 86.3 cm³/mol. The molecule has 0 radical (unpaired) electrons. The molecule has 2 rings (SSSR count). The Balaban J connectivity index is 0.000000191. The number of nitrogens with one attached hydrogen (secondary N) is 1. The van der Waals surface area contributed by atoms with Crippen molar-refractivity contribution < 1.29 is 0 Å². The fraction of sp³-hybridized carbons (Fsp3) is 0.625. The van der Waals surface area contributed by atoms with Gasteiger partial charge in [0.05, 0.1) is 0 Å². The summed E-state index contributed by atoms with van der Waals surface area (Å²) in [6, 6.07) is 5.51. The molecular formula is C16H25Cl2N. The van der Waals surface area contributed by atoms with Crippen molar-refractivity contribution >= 4 is 23.2 Å². The zero-order chi connectivity index (χ0) is 14.3. The Morgan fingerprint density at radius 1 is 1.32 bits per heavy atom. The fourth-order valence-corrected chi connectivity index (χ4v) is 2.76. The van der Waals surface area contributed by atoms with Gasteiger partial charge in [0.15, 0.2) is 0 Å². The molecule has 1 N–H and O–H groups in total. The molecular weight excluding hydrogens is 277 g/mol. The Bertz CT molecular complexity index is 373. The molecule has 0 saturated carbocycles. The predicted octanol–water partition coefficient (Wildman–Crippen LogP) is 5.20. The maximum absolute atomic E-state index is 5.84. The van der Waals surface area contributed by atoms with Crippen molar-refractivity contribution in [1.82, 2.24) is 5.32 Å². The highest BCUT2D eigenvalue weighted by Crippen LogP contribution is 2.21. The normalized spacial score (nSPS) is 19.7. The highest BCUT2D eigenvalue weighted by atomic mass is 35.5. The van der Waals surface area contributed by atoms with E-state index in [9.17, 15) is 0 Å². The number of hydrogen-bond acceptors (Lipinski definition) is 1. The molecule has 108 valence electrons. The highest BCUT2D eigenvalue weighted by molar-refractivity contribution is 6.33. The fourth-order valence-electron chi connectivity index (χ4n) is 2.31. The average Bonchev–Trinajstić information content (AvgIpc) is 2.95. The number of halogens is 2. The lowest BCUT2D eigenvalue weighted by Crippen LogP contribution is -2.14. The van der Waals surface area contributed by atoms with E-state index >= 15 is 0 Å². The summed E-state index contributed by atoms with van der Waals surface area (Å²) in [7, 11) is 0. The van der Waals surface area contributed by atoms with E-state index in [-0.39, 0.29) is 0 Å². The van der Waals surface area contributed by atoms with Crippen LogP contribution < -0.4 is 5.32 Å². The summed E-state index contributed by atoms with van der Waals surface area (Å²) >= 11 is 11.6. The minimum atomic E-state index is 0.751. The second-order valence-corrected chi connectivity index (χ2v) is 6.07. The van der Waals surface area contributed by atoms with Crippen molar-refractivity contribution in [2.45, 2.75) is 40.0 Å². The number of benzene rings is 1.